The molecule has 0 saturated heterocycles. The van der Waals surface area contributed by atoms with Crippen molar-refractivity contribution in [3.05, 3.63) is 77.7 Å². The number of hydrazone groups is 1. The van der Waals surface area contributed by atoms with Crippen molar-refractivity contribution in [2.75, 3.05) is 18.7 Å². The van der Waals surface area contributed by atoms with Gasteiger partial charge < -0.3 is 19.2 Å². The second kappa shape index (κ2) is 7.98. The summed E-state index contributed by atoms with van der Waals surface area (Å²) in [6.45, 7) is 0.762. The van der Waals surface area contributed by atoms with E-state index in [1.165, 1.54) is 11.3 Å². The first-order valence-corrected chi connectivity index (χ1v) is 9.92. The van der Waals surface area contributed by atoms with Crippen LogP contribution in [0, 0.1) is 0 Å². The molecule has 1 aromatic heterocycles. The summed E-state index contributed by atoms with van der Waals surface area (Å²) >= 11 is 0. The molecule has 0 bridgehead atoms. The lowest BCUT2D eigenvalue weighted by Crippen LogP contribution is -2.32. The van der Waals surface area contributed by atoms with Crippen LogP contribution in [0.25, 0.3) is 0 Å². The molecular weight excluding hydrogens is 398 g/mol. The van der Waals surface area contributed by atoms with E-state index in [0.717, 1.165) is 24.1 Å². The molecule has 0 spiro atoms. The fourth-order valence-corrected chi connectivity index (χ4v) is 3.51. The molecule has 156 valence electrons. The maximum Gasteiger partial charge on any atom is 0.291 e. The average Bonchev–Trinajstić information content (AvgIpc) is 3.51. The van der Waals surface area contributed by atoms with Gasteiger partial charge in [0, 0.05) is 23.4 Å². The first kappa shape index (κ1) is 18.9. The third kappa shape index (κ3) is 3.87. The normalized spacial score (nSPS) is 14.8. The predicted octanol–water partition coefficient (Wildman–Crippen LogP) is 3.90. The maximum atomic E-state index is 13.0. The van der Waals surface area contributed by atoms with Crippen LogP contribution in [0.2, 0.25) is 0 Å². The fourth-order valence-electron chi connectivity index (χ4n) is 3.51. The van der Waals surface area contributed by atoms with Gasteiger partial charge in [-0.05, 0) is 67.4 Å². The zero-order valence-electron chi connectivity index (χ0n) is 16.5. The lowest BCUT2D eigenvalue weighted by Gasteiger charge is -2.24. The minimum atomic E-state index is -0.349. The largest absolute Gasteiger partial charge is 0.459 e. The van der Waals surface area contributed by atoms with Gasteiger partial charge in [-0.25, -0.2) is 5.01 Å². The van der Waals surface area contributed by atoms with E-state index in [1.807, 2.05) is 18.2 Å². The van der Waals surface area contributed by atoms with Crippen LogP contribution in [0.4, 0.5) is 5.69 Å². The molecule has 2 aliphatic rings. The third-order valence-corrected chi connectivity index (χ3v) is 5.10. The van der Waals surface area contributed by atoms with Crippen molar-refractivity contribution >= 4 is 23.2 Å². The van der Waals surface area contributed by atoms with Crippen LogP contribution < -0.4 is 14.8 Å². The van der Waals surface area contributed by atoms with Crippen LogP contribution in [0.3, 0.4) is 0 Å². The Balaban J connectivity index is 1.30. The highest BCUT2D eigenvalue weighted by Gasteiger charge is 2.22. The Morgan fingerprint density at radius 2 is 1.84 bits per heavy atom. The highest BCUT2D eigenvalue weighted by molar-refractivity contribution is 6.04. The highest BCUT2D eigenvalue weighted by atomic mass is 16.7. The minimum Gasteiger partial charge on any atom is -0.459 e. The number of anilines is 1. The summed E-state index contributed by atoms with van der Waals surface area (Å²) in [7, 11) is 0. The van der Waals surface area contributed by atoms with E-state index in [1.54, 1.807) is 36.4 Å². The molecule has 0 fully saturated rings. The van der Waals surface area contributed by atoms with Gasteiger partial charge in [0.1, 0.15) is 0 Å². The van der Waals surface area contributed by atoms with Crippen LogP contribution in [0.5, 0.6) is 11.5 Å². The van der Waals surface area contributed by atoms with Crippen LogP contribution in [0.15, 0.2) is 70.4 Å². The lowest BCUT2D eigenvalue weighted by molar-refractivity contribution is 0.0751. The topological polar surface area (TPSA) is 93.4 Å². The summed E-state index contributed by atoms with van der Waals surface area (Å²) < 4.78 is 15.9. The SMILES string of the molecule is O=C(Nc1ccc(C(=O)N2CCCC(c3ccc4c(c3)OCO4)=N2)cc1)c1ccco1. The van der Waals surface area contributed by atoms with E-state index in [9.17, 15) is 9.59 Å². The van der Waals surface area contributed by atoms with E-state index in [0.29, 0.717) is 29.3 Å². The summed E-state index contributed by atoms with van der Waals surface area (Å²) in [5.74, 6) is 1.09. The molecule has 0 aliphatic carbocycles. The summed E-state index contributed by atoms with van der Waals surface area (Å²) in [5.41, 5.74) is 2.81. The highest BCUT2D eigenvalue weighted by Crippen LogP contribution is 2.33. The van der Waals surface area contributed by atoms with Crippen molar-refractivity contribution in [1.82, 2.24) is 5.01 Å². The zero-order valence-corrected chi connectivity index (χ0v) is 16.5. The quantitative estimate of drug-likeness (QED) is 0.695. The summed E-state index contributed by atoms with van der Waals surface area (Å²) in [5, 5.41) is 8.80. The molecule has 3 heterocycles. The number of hydrogen-bond donors (Lipinski definition) is 1. The van der Waals surface area contributed by atoms with E-state index in [4.69, 9.17) is 13.9 Å². The number of furan rings is 1. The summed E-state index contributed by atoms with van der Waals surface area (Å²) in [6, 6.07) is 15.6. The van der Waals surface area contributed by atoms with Crippen LogP contribution in [0.1, 0.15) is 39.3 Å². The molecule has 2 amide bonds. The number of benzene rings is 2. The Morgan fingerprint density at radius 1 is 1.00 bits per heavy atom. The summed E-state index contributed by atoms with van der Waals surface area (Å²) in [4.78, 5) is 25.0. The molecule has 2 aromatic carbocycles. The van der Waals surface area contributed by atoms with Crippen LogP contribution in [-0.2, 0) is 0 Å². The van der Waals surface area contributed by atoms with Gasteiger partial charge in [0.2, 0.25) is 6.79 Å². The predicted molar refractivity (Wildman–Crippen MR) is 112 cm³/mol. The minimum absolute atomic E-state index is 0.193. The number of rotatable bonds is 4. The molecule has 0 atom stereocenters. The smallest absolute Gasteiger partial charge is 0.291 e. The second-order valence-corrected chi connectivity index (χ2v) is 7.16. The van der Waals surface area contributed by atoms with Crippen molar-refractivity contribution < 1.29 is 23.5 Å². The summed E-state index contributed by atoms with van der Waals surface area (Å²) in [6.07, 6.45) is 3.03. The number of nitrogens with zero attached hydrogens (tertiary/aromatic N) is 2. The number of carbonyl (C=O) groups excluding carboxylic acids is 2. The first-order chi connectivity index (χ1) is 15.2. The van der Waals surface area contributed by atoms with Crippen molar-refractivity contribution in [3.8, 4) is 11.5 Å². The Labute approximate surface area is 178 Å². The molecular formula is C23H19N3O5. The Kier molecular flexibility index (Phi) is 4.87. The number of carbonyl (C=O) groups is 2. The van der Waals surface area contributed by atoms with E-state index in [2.05, 4.69) is 10.4 Å². The molecule has 8 heteroatoms. The molecule has 0 saturated carbocycles. The first-order valence-electron chi connectivity index (χ1n) is 9.92. The molecule has 8 nitrogen and oxygen atoms in total. The Morgan fingerprint density at radius 3 is 2.65 bits per heavy atom. The number of hydrogen-bond acceptors (Lipinski definition) is 6. The van der Waals surface area contributed by atoms with Crippen LogP contribution in [-0.4, -0.2) is 35.9 Å². The van der Waals surface area contributed by atoms with Crippen molar-refractivity contribution in [1.29, 1.82) is 0 Å². The molecule has 1 N–H and O–H groups in total. The van der Waals surface area contributed by atoms with Crippen molar-refractivity contribution in [2.45, 2.75) is 12.8 Å². The Hall–Kier alpha value is -4.07. The van der Waals surface area contributed by atoms with Gasteiger partial charge in [-0.1, -0.05) is 0 Å². The van der Waals surface area contributed by atoms with E-state index >= 15 is 0 Å². The average molecular weight is 417 g/mol. The van der Waals surface area contributed by atoms with Gasteiger partial charge in [-0.15, -0.1) is 0 Å². The van der Waals surface area contributed by atoms with E-state index < -0.39 is 0 Å². The molecule has 0 unspecified atom stereocenters. The number of fused-ring (bicyclic) bond motifs is 1. The maximum absolute atomic E-state index is 13.0. The molecule has 3 aromatic rings. The van der Waals surface area contributed by atoms with E-state index in [-0.39, 0.29) is 24.4 Å². The molecule has 2 aliphatic heterocycles. The second-order valence-electron chi connectivity index (χ2n) is 7.16. The van der Waals surface area contributed by atoms with Gasteiger partial charge in [0.15, 0.2) is 17.3 Å². The standard InChI is InChI=1S/C23H19N3O5/c27-22(20-4-2-12-29-20)24-17-8-5-15(6-9-17)23(28)26-11-1-3-18(25-26)16-7-10-19-21(13-16)31-14-30-19/h2,4-10,12-13H,1,3,11,14H2,(H,24,27). The van der Waals surface area contributed by atoms with Gasteiger partial charge in [0.25, 0.3) is 11.8 Å². The zero-order chi connectivity index (χ0) is 21.2. The monoisotopic (exact) mass is 417 g/mol. The van der Waals surface area contributed by atoms with Crippen molar-refractivity contribution in [2.24, 2.45) is 5.10 Å². The van der Waals surface area contributed by atoms with Gasteiger partial charge in [-0.3, -0.25) is 9.59 Å². The van der Waals surface area contributed by atoms with Crippen LogP contribution >= 0.6 is 0 Å². The molecule has 31 heavy (non-hydrogen) atoms. The third-order valence-electron chi connectivity index (χ3n) is 5.10. The fraction of sp³-hybridized carbons (Fsp3) is 0.174. The molecule has 5 rings (SSSR count). The number of ether oxygens (including phenoxy) is 2. The lowest BCUT2D eigenvalue weighted by atomic mass is 10.0. The molecule has 0 radical (unpaired) electrons. The number of nitrogens with one attached hydrogen (secondary N) is 1. The van der Waals surface area contributed by atoms with Gasteiger partial charge in [-0.2, -0.15) is 5.10 Å². The van der Waals surface area contributed by atoms with Gasteiger partial charge >= 0.3 is 0 Å². The Bertz CT molecular complexity index is 1150. The van der Waals surface area contributed by atoms with Crippen molar-refractivity contribution in [3.63, 3.8) is 0 Å². The number of amides is 2. The van der Waals surface area contributed by atoms with Gasteiger partial charge in [0.05, 0.1) is 12.0 Å².